The van der Waals surface area contributed by atoms with Crippen LogP contribution < -0.4 is 20.5 Å². The van der Waals surface area contributed by atoms with E-state index in [-0.39, 0.29) is 40.8 Å². The van der Waals surface area contributed by atoms with Gasteiger partial charge >= 0.3 is 12.4 Å². The van der Waals surface area contributed by atoms with Crippen molar-refractivity contribution in [2.45, 2.75) is 56.5 Å². The Labute approximate surface area is 282 Å². The Morgan fingerprint density at radius 3 is 2.40 bits per heavy atom. The summed E-state index contributed by atoms with van der Waals surface area (Å²) in [5, 5.41) is 2.31. The number of pyridine rings is 1. The number of allylic oxidation sites excluding steroid dienone is 5. The number of ether oxygens (including phenoxy) is 2. The molecular formula is C36H32F7N3O4. The van der Waals surface area contributed by atoms with Crippen molar-refractivity contribution >= 4 is 17.4 Å². The number of hydrogen-bond donors (Lipinski definition) is 2. The summed E-state index contributed by atoms with van der Waals surface area (Å²) in [7, 11) is 0. The molecule has 1 aromatic heterocycles. The smallest absolute Gasteiger partial charge is 0.415 e. The highest BCUT2D eigenvalue weighted by molar-refractivity contribution is 5.95. The molecule has 0 spiro atoms. The van der Waals surface area contributed by atoms with Crippen LogP contribution in [0.15, 0.2) is 78.9 Å². The first-order valence-electron chi connectivity index (χ1n) is 15.4. The number of benzene rings is 2. The van der Waals surface area contributed by atoms with E-state index >= 15 is 0 Å². The molecular weight excluding hydrogens is 671 g/mol. The van der Waals surface area contributed by atoms with Crippen LogP contribution in [0.25, 0.3) is 16.8 Å². The first-order chi connectivity index (χ1) is 23.4. The first kappa shape index (κ1) is 36.1. The van der Waals surface area contributed by atoms with Gasteiger partial charge in [-0.15, -0.1) is 0 Å². The minimum absolute atomic E-state index is 0.0358. The molecule has 50 heavy (non-hydrogen) atoms. The fraction of sp³-hybridized carbons (Fsp3) is 0.306. The van der Waals surface area contributed by atoms with Crippen molar-refractivity contribution < 1.29 is 49.8 Å². The zero-order valence-electron chi connectivity index (χ0n) is 26.8. The van der Waals surface area contributed by atoms with E-state index in [4.69, 9.17) is 15.2 Å². The number of nitrogens with zero attached hydrogens (tertiary/aromatic N) is 1. The van der Waals surface area contributed by atoms with E-state index in [2.05, 4.69) is 16.9 Å². The third kappa shape index (κ3) is 7.84. The number of alkyl halides is 6. The van der Waals surface area contributed by atoms with Crippen molar-refractivity contribution in [1.29, 1.82) is 0 Å². The third-order valence-electron chi connectivity index (χ3n) is 8.47. The van der Waals surface area contributed by atoms with Gasteiger partial charge in [-0.2, -0.15) is 26.3 Å². The summed E-state index contributed by atoms with van der Waals surface area (Å²) >= 11 is 0. The molecule has 14 heteroatoms. The van der Waals surface area contributed by atoms with Crippen LogP contribution >= 0.6 is 0 Å². The zero-order chi connectivity index (χ0) is 36.6. The second kappa shape index (κ2) is 13.6. The number of aromatic nitrogens is 1. The molecule has 2 amide bonds. The Bertz CT molecular complexity index is 1880. The van der Waals surface area contributed by atoms with Gasteiger partial charge < -0.3 is 20.5 Å². The number of primary amides is 1. The molecule has 3 aromatic rings. The van der Waals surface area contributed by atoms with E-state index in [1.807, 2.05) is 0 Å². The van der Waals surface area contributed by atoms with Crippen LogP contribution in [0.2, 0.25) is 0 Å². The molecule has 2 heterocycles. The van der Waals surface area contributed by atoms with E-state index in [1.165, 1.54) is 43.3 Å². The molecule has 264 valence electrons. The van der Waals surface area contributed by atoms with Crippen LogP contribution in [-0.2, 0) is 10.2 Å². The molecule has 1 aliphatic carbocycles. The summed E-state index contributed by atoms with van der Waals surface area (Å²) in [6.45, 7) is 4.78. The van der Waals surface area contributed by atoms with Crippen LogP contribution in [-0.4, -0.2) is 48.4 Å². The fourth-order valence-electron chi connectivity index (χ4n) is 5.21. The summed E-state index contributed by atoms with van der Waals surface area (Å²) < 4.78 is 108. The molecule has 0 bridgehead atoms. The average molecular weight is 704 g/mol. The van der Waals surface area contributed by atoms with E-state index in [9.17, 15) is 40.3 Å². The summed E-state index contributed by atoms with van der Waals surface area (Å²) in [5.41, 5.74) is 3.50. The van der Waals surface area contributed by atoms with Gasteiger partial charge in [0.15, 0.2) is 0 Å². The molecule has 3 N–H and O–H groups in total. The molecule has 1 saturated carbocycles. The molecule has 1 unspecified atom stereocenters. The zero-order valence-corrected chi connectivity index (χ0v) is 26.8. The van der Waals surface area contributed by atoms with Crippen LogP contribution in [0.3, 0.4) is 0 Å². The van der Waals surface area contributed by atoms with E-state index in [0.29, 0.717) is 16.9 Å². The normalized spacial score (nSPS) is 18.4. The standard InChI is InChI=1S/C36H32F7N3O4/c1-19(5-4-6-20(2)35(38,39)40)25-15-22(9-14-29(25)50-24-12-13-24)32(47)45-17-27(36(41,42)43)28-16-26-31(49-18-34(26,3)33(44)48)30(46-28)21-7-10-23(37)11-8-21/h4-11,14-16,24,27H,2,12-13,17-18H2,1,3H3,(H2,44,48)(H,45,47)/b6-4-,19-5+/t27?,34-/m0/s1. The molecule has 5 rings (SSSR count). The number of carbonyl (C=O) groups is 2. The predicted molar refractivity (Wildman–Crippen MR) is 171 cm³/mol. The Morgan fingerprint density at radius 1 is 1.12 bits per heavy atom. The van der Waals surface area contributed by atoms with Crippen molar-refractivity contribution in [2.24, 2.45) is 5.73 Å². The monoisotopic (exact) mass is 703 g/mol. The van der Waals surface area contributed by atoms with Gasteiger partial charge in [-0.1, -0.05) is 24.8 Å². The first-order valence-corrected chi connectivity index (χ1v) is 15.4. The lowest BCUT2D eigenvalue weighted by Gasteiger charge is -2.24. The molecule has 2 atom stereocenters. The predicted octanol–water partition coefficient (Wildman–Crippen LogP) is 7.72. The van der Waals surface area contributed by atoms with Crippen LogP contribution in [0.1, 0.15) is 59.8 Å². The SMILES string of the molecule is C=C(/C=C\C=C(/C)c1cc(C(=O)NCC(c2cc3c(c(-c4ccc(F)cc4)n2)OC[C@]3(C)C(N)=O)C(F)(F)F)ccc1OC1CC1)C(F)(F)F. The van der Waals surface area contributed by atoms with Crippen molar-refractivity contribution in [1.82, 2.24) is 10.3 Å². The van der Waals surface area contributed by atoms with Crippen LogP contribution in [0.5, 0.6) is 11.5 Å². The minimum Gasteiger partial charge on any atom is -0.490 e. The summed E-state index contributed by atoms with van der Waals surface area (Å²) in [5.74, 6) is -4.29. The van der Waals surface area contributed by atoms with Gasteiger partial charge in [-0.3, -0.25) is 9.59 Å². The number of fused-ring (bicyclic) bond motifs is 1. The maximum atomic E-state index is 14.7. The summed E-state index contributed by atoms with van der Waals surface area (Å²) in [6, 6.07) is 10.1. The Hall–Kier alpha value is -5.14. The van der Waals surface area contributed by atoms with Gasteiger partial charge in [-0.05, 0) is 80.8 Å². The highest BCUT2D eigenvalue weighted by atomic mass is 19.4. The topological polar surface area (TPSA) is 104 Å². The number of halogens is 7. The van der Waals surface area contributed by atoms with Crippen LogP contribution in [0, 0.1) is 5.82 Å². The van der Waals surface area contributed by atoms with E-state index in [1.54, 1.807) is 6.92 Å². The lowest BCUT2D eigenvalue weighted by atomic mass is 9.82. The largest absolute Gasteiger partial charge is 0.490 e. The van der Waals surface area contributed by atoms with E-state index < -0.39 is 59.1 Å². The number of nitrogens with two attached hydrogens (primary N) is 1. The second-order valence-corrected chi connectivity index (χ2v) is 12.3. The molecule has 0 radical (unpaired) electrons. The van der Waals surface area contributed by atoms with Gasteiger partial charge in [0.25, 0.3) is 5.91 Å². The van der Waals surface area contributed by atoms with Crippen molar-refractivity contribution in [3.05, 3.63) is 107 Å². The summed E-state index contributed by atoms with van der Waals surface area (Å²) in [6.07, 6.45) is -4.74. The highest BCUT2D eigenvalue weighted by Crippen LogP contribution is 2.46. The maximum Gasteiger partial charge on any atom is 0.415 e. The fourth-order valence-corrected chi connectivity index (χ4v) is 5.21. The lowest BCUT2D eigenvalue weighted by Crippen LogP contribution is -2.40. The molecule has 2 aliphatic rings. The maximum absolute atomic E-state index is 14.7. The van der Waals surface area contributed by atoms with Gasteiger partial charge in [0.2, 0.25) is 5.91 Å². The van der Waals surface area contributed by atoms with Gasteiger partial charge in [0, 0.05) is 34.4 Å². The third-order valence-corrected chi connectivity index (χ3v) is 8.47. The van der Waals surface area contributed by atoms with Gasteiger partial charge in [0.1, 0.15) is 40.9 Å². The Morgan fingerprint density at radius 2 is 1.80 bits per heavy atom. The molecule has 1 fully saturated rings. The molecule has 1 aliphatic heterocycles. The number of carbonyl (C=O) groups excluding carboxylic acids is 2. The number of amides is 2. The quantitative estimate of drug-likeness (QED) is 0.157. The second-order valence-electron chi connectivity index (χ2n) is 12.3. The summed E-state index contributed by atoms with van der Waals surface area (Å²) in [4.78, 5) is 30.0. The average Bonchev–Trinajstić information content (AvgIpc) is 3.80. The molecule has 2 aromatic carbocycles. The highest BCUT2D eigenvalue weighted by Gasteiger charge is 2.47. The van der Waals surface area contributed by atoms with Gasteiger partial charge in [-0.25, -0.2) is 9.37 Å². The van der Waals surface area contributed by atoms with Crippen molar-refractivity contribution in [3.8, 4) is 22.8 Å². The van der Waals surface area contributed by atoms with Crippen molar-refractivity contribution in [2.75, 3.05) is 13.2 Å². The van der Waals surface area contributed by atoms with E-state index in [0.717, 1.165) is 43.2 Å². The van der Waals surface area contributed by atoms with Gasteiger partial charge in [0.05, 0.1) is 11.8 Å². The lowest BCUT2D eigenvalue weighted by molar-refractivity contribution is -0.149. The number of hydrogen-bond acceptors (Lipinski definition) is 5. The minimum atomic E-state index is -4.93. The Balaban J connectivity index is 1.46. The molecule has 0 saturated heterocycles. The van der Waals surface area contributed by atoms with Crippen LogP contribution in [0.4, 0.5) is 30.7 Å². The number of rotatable bonds is 11. The number of nitrogens with one attached hydrogen (secondary N) is 1. The van der Waals surface area contributed by atoms with Crippen molar-refractivity contribution in [3.63, 3.8) is 0 Å². The Kier molecular flexibility index (Phi) is 9.86. The molecule has 7 nitrogen and oxygen atoms in total.